The lowest BCUT2D eigenvalue weighted by atomic mass is 10.1. The molecule has 0 aliphatic carbocycles. The van der Waals surface area contributed by atoms with Crippen LogP contribution in [-0.2, 0) is 0 Å². The van der Waals surface area contributed by atoms with Crippen LogP contribution in [0.15, 0.2) is 18.2 Å². The number of aryl methyl sites for hydroxylation is 2. The Labute approximate surface area is 102 Å². The van der Waals surface area contributed by atoms with Gasteiger partial charge in [-0.3, -0.25) is 10.1 Å². The second kappa shape index (κ2) is 4.50. The van der Waals surface area contributed by atoms with Gasteiger partial charge < -0.3 is 5.11 Å². The lowest BCUT2D eigenvalue weighted by molar-refractivity contribution is 0.102. The Morgan fingerprint density at radius 3 is 2.71 bits per heavy atom. The Morgan fingerprint density at radius 1 is 1.35 bits per heavy atom. The fourth-order valence-corrected chi connectivity index (χ4v) is 1.90. The smallest absolute Gasteiger partial charge is 0.257 e. The molecule has 0 spiro atoms. The number of nitrogens with zero attached hydrogens (tertiary/aromatic N) is 2. The van der Waals surface area contributed by atoms with Crippen molar-refractivity contribution in [1.82, 2.24) is 10.2 Å². The number of hydrogen-bond acceptors (Lipinski definition) is 5. The van der Waals surface area contributed by atoms with Gasteiger partial charge in [-0.2, -0.15) is 0 Å². The summed E-state index contributed by atoms with van der Waals surface area (Å²) in [4.78, 5) is 11.8. The van der Waals surface area contributed by atoms with Crippen LogP contribution in [0.3, 0.4) is 0 Å². The summed E-state index contributed by atoms with van der Waals surface area (Å²) >= 11 is 1.31. The van der Waals surface area contributed by atoms with Gasteiger partial charge in [0.2, 0.25) is 5.13 Å². The van der Waals surface area contributed by atoms with Crippen molar-refractivity contribution >= 4 is 22.4 Å². The number of aromatic hydroxyl groups is 1. The maximum atomic E-state index is 11.8. The van der Waals surface area contributed by atoms with Crippen LogP contribution >= 0.6 is 11.3 Å². The topological polar surface area (TPSA) is 75.1 Å². The molecule has 1 amide bonds. The molecule has 0 radical (unpaired) electrons. The third kappa shape index (κ3) is 2.59. The average Bonchev–Trinajstić information content (AvgIpc) is 2.68. The van der Waals surface area contributed by atoms with E-state index in [0.29, 0.717) is 16.3 Å². The van der Waals surface area contributed by atoms with Gasteiger partial charge in [0.25, 0.3) is 5.91 Å². The van der Waals surface area contributed by atoms with Gasteiger partial charge in [0.1, 0.15) is 10.8 Å². The second-order valence-electron chi connectivity index (χ2n) is 3.58. The number of nitrogens with one attached hydrogen (secondary N) is 1. The summed E-state index contributed by atoms with van der Waals surface area (Å²) < 4.78 is 0. The monoisotopic (exact) mass is 249 g/mol. The number of carbonyl (C=O) groups is 1. The molecule has 88 valence electrons. The summed E-state index contributed by atoms with van der Waals surface area (Å²) in [5, 5.41) is 20.9. The van der Waals surface area contributed by atoms with E-state index >= 15 is 0 Å². The number of carbonyl (C=O) groups excluding carboxylic acids is 1. The van der Waals surface area contributed by atoms with Crippen molar-refractivity contribution in [3.63, 3.8) is 0 Å². The molecule has 1 heterocycles. The molecular formula is C11H11N3O2S. The van der Waals surface area contributed by atoms with E-state index < -0.39 is 0 Å². The first-order chi connectivity index (χ1) is 8.06. The van der Waals surface area contributed by atoms with E-state index in [1.165, 1.54) is 17.4 Å². The first kappa shape index (κ1) is 11.5. The number of phenolic OH excluding ortho intramolecular Hbond substituents is 1. The quantitative estimate of drug-likeness (QED) is 0.854. The molecule has 0 saturated heterocycles. The van der Waals surface area contributed by atoms with Crippen molar-refractivity contribution in [2.75, 3.05) is 5.32 Å². The molecule has 0 unspecified atom stereocenters. The van der Waals surface area contributed by atoms with E-state index in [1.54, 1.807) is 19.1 Å². The van der Waals surface area contributed by atoms with Gasteiger partial charge >= 0.3 is 0 Å². The zero-order valence-corrected chi connectivity index (χ0v) is 10.2. The first-order valence-corrected chi connectivity index (χ1v) is 5.79. The molecule has 0 aliphatic rings. The molecule has 2 aromatic rings. The van der Waals surface area contributed by atoms with Gasteiger partial charge in [0.05, 0.1) is 0 Å². The van der Waals surface area contributed by atoms with Crippen molar-refractivity contribution in [3.05, 3.63) is 34.3 Å². The summed E-state index contributed by atoms with van der Waals surface area (Å²) in [5.41, 5.74) is 1.14. The van der Waals surface area contributed by atoms with Crippen LogP contribution < -0.4 is 5.32 Å². The summed E-state index contributed by atoms with van der Waals surface area (Å²) in [5.74, 6) is -0.0856. The minimum atomic E-state index is -0.260. The minimum absolute atomic E-state index is 0.174. The third-order valence-corrected chi connectivity index (χ3v) is 2.96. The Balaban J connectivity index is 2.17. The number of benzene rings is 1. The van der Waals surface area contributed by atoms with Gasteiger partial charge in [0.15, 0.2) is 0 Å². The highest BCUT2D eigenvalue weighted by Gasteiger charge is 2.10. The molecule has 1 aromatic carbocycles. The maximum Gasteiger partial charge on any atom is 0.257 e. The number of hydrogen-bond donors (Lipinski definition) is 2. The summed E-state index contributed by atoms with van der Waals surface area (Å²) in [6.45, 7) is 3.55. The number of phenols is 1. The molecule has 0 saturated carbocycles. The zero-order chi connectivity index (χ0) is 12.4. The largest absolute Gasteiger partial charge is 0.508 e. The van der Waals surface area contributed by atoms with E-state index in [1.807, 2.05) is 6.92 Å². The van der Waals surface area contributed by atoms with Crippen LogP contribution in [0.5, 0.6) is 5.75 Å². The van der Waals surface area contributed by atoms with Crippen LogP contribution in [0, 0.1) is 13.8 Å². The Bertz CT molecular complexity index is 566. The predicted molar refractivity (Wildman–Crippen MR) is 65.4 cm³/mol. The molecular weight excluding hydrogens is 238 g/mol. The van der Waals surface area contributed by atoms with Crippen LogP contribution in [0.4, 0.5) is 5.13 Å². The van der Waals surface area contributed by atoms with Crippen LogP contribution in [0.2, 0.25) is 0 Å². The number of amides is 1. The molecule has 0 aliphatic heterocycles. The second-order valence-corrected chi connectivity index (χ2v) is 4.76. The third-order valence-electron chi connectivity index (χ3n) is 2.21. The Morgan fingerprint density at radius 2 is 2.12 bits per heavy atom. The molecule has 0 bridgehead atoms. The van der Waals surface area contributed by atoms with Gasteiger partial charge in [-0.05, 0) is 37.6 Å². The first-order valence-electron chi connectivity index (χ1n) is 4.97. The van der Waals surface area contributed by atoms with E-state index in [-0.39, 0.29) is 11.7 Å². The average molecular weight is 249 g/mol. The van der Waals surface area contributed by atoms with Gasteiger partial charge in [-0.15, -0.1) is 10.2 Å². The Hall–Kier alpha value is -1.95. The van der Waals surface area contributed by atoms with Crippen molar-refractivity contribution in [2.45, 2.75) is 13.8 Å². The maximum absolute atomic E-state index is 11.8. The fraction of sp³-hybridized carbons (Fsp3) is 0.182. The molecule has 0 atom stereocenters. The van der Waals surface area contributed by atoms with E-state index in [9.17, 15) is 9.90 Å². The molecule has 1 aromatic heterocycles. The summed E-state index contributed by atoms with van der Waals surface area (Å²) in [7, 11) is 0. The van der Waals surface area contributed by atoms with E-state index in [4.69, 9.17) is 0 Å². The highest BCUT2D eigenvalue weighted by Crippen LogP contribution is 2.19. The normalized spacial score (nSPS) is 10.2. The summed E-state index contributed by atoms with van der Waals surface area (Å²) in [6.07, 6.45) is 0. The molecule has 5 nitrogen and oxygen atoms in total. The highest BCUT2D eigenvalue weighted by atomic mass is 32.1. The van der Waals surface area contributed by atoms with Gasteiger partial charge in [-0.1, -0.05) is 11.3 Å². The van der Waals surface area contributed by atoms with Crippen molar-refractivity contribution in [1.29, 1.82) is 0 Å². The SMILES string of the molecule is Cc1nnc(NC(=O)c2ccc(O)c(C)c2)s1. The van der Waals surface area contributed by atoms with Crippen molar-refractivity contribution < 1.29 is 9.90 Å². The van der Waals surface area contributed by atoms with Gasteiger partial charge in [0, 0.05) is 5.56 Å². The number of rotatable bonds is 2. The molecule has 17 heavy (non-hydrogen) atoms. The zero-order valence-electron chi connectivity index (χ0n) is 9.39. The van der Waals surface area contributed by atoms with Crippen LogP contribution in [0.25, 0.3) is 0 Å². The molecule has 2 rings (SSSR count). The molecule has 0 fully saturated rings. The predicted octanol–water partition coefficient (Wildman–Crippen LogP) is 2.11. The van der Waals surface area contributed by atoms with Crippen molar-refractivity contribution in [2.24, 2.45) is 0 Å². The number of aromatic nitrogens is 2. The molecule has 2 N–H and O–H groups in total. The van der Waals surface area contributed by atoms with E-state index in [2.05, 4.69) is 15.5 Å². The Kier molecular flexibility index (Phi) is 3.06. The standard InChI is InChI=1S/C11H11N3O2S/c1-6-5-8(3-4-9(6)15)10(16)12-11-14-13-7(2)17-11/h3-5,15H,1-2H3,(H,12,14,16). The summed E-state index contributed by atoms with van der Waals surface area (Å²) in [6, 6.07) is 4.68. The molecule has 6 heteroatoms. The van der Waals surface area contributed by atoms with Crippen LogP contribution in [-0.4, -0.2) is 21.2 Å². The number of anilines is 1. The van der Waals surface area contributed by atoms with Crippen LogP contribution in [0.1, 0.15) is 20.9 Å². The minimum Gasteiger partial charge on any atom is -0.508 e. The van der Waals surface area contributed by atoms with Crippen molar-refractivity contribution in [3.8, 4) is 5.75 Å². The highest BCUT2D eigenvalue weighted by molar-refractivity contribution is 7.15. The van der Waals surface area contributed by atoms with Gasteiger partial charge in [-0.25, -0.2) is 0 Å². The van der Waals surface area contributed by atoms with E-state index in [0.717, 1.165) is 5.01 Å². The fourth-order valence-electron chi connectivity index (χ4n) is 1.31. The lowest BCUT2D eigenvalue weighted by Gasteiger charge is -2.03. The lowest BCUT2D eigenvalue weighted by Crippen LogP contribution is -2.11.